The summed E-state index contributed by atoms with van der Waals surface area (Å²) in [5.41, 5.74) is 6.36. The third kappa shape index (κ3) is 3.68. The smallest absolute Gasteiger partial charge is 0.258 e. The van der Waals surface area contributed by atoms with Crippen LogP contribution in [-0.4, -0.2) is 37.0 Å². The molecule has 0 N–H and O–H groups in total. The third-order valence-corrected chi connectivity index (χ3v) is 6.55. The highest BCUT2D eigenvalue weighted by atomic mass is 16.5. The van der Waals surface area contributed by atoms with Gasteiger partial charge in [0.2, 0.25) is 0 Å². The fourth-order valence-corrected chi connectivity index (χ4v) is 4.82. The van der Waals surface area contributed by atoms with Gasteiger partial charge < -0.3 is 18.6 Å². The molecule has 0 atom stereocenters. The number of fused-ring (bicyclic) bond motifs is 4. The van der Waals surface area contributed by atoms with Crippen LogP contribution in [0.4, 0.5) is 0 Å². The molecule has 1 aliphatic rings. The monoisotopic (exact) mass is 455 g/mol. The first-order valence-electron chi connectivity index (χ1n) is 11.1. The highest BCUT2D eigenvalue weighted by Gasteiger charge is 2.21. The van der Waals surface area contributed by atoms with Crippen molar-refractivity contribution in [3.8, 4) is 11.4 Å². The largest absolute Gasteiger partial charge is 0.487 e. The van der Waals surface area contributed by atoms with Crippen molar-refractivity contribution in [1.29, 1.82) is 0 Å². The number of ether oxygens (including phenoxy) is 1. The Bertz CT molecular complexity index is 1530. The molecule has 0 bridgehead atoms. The first-order chi connectivity index (χ1) is 16.1. The second-order valence-corrected chi connectivity index (χ2v) is 8.73. The minimum Gasteiger partial charge on any atom is -0.487 e. The Morgan fingerprint density at radius 3 is 2.76 bits per heavy atom. The average Bonchev–Trinajstić information content (AvgIpc) is 3.36. The van der Waals surface area contributed by atoms with Crippen molar-refractivity contribution in [1.82, 2.24) is 23.4 Å². The van der Waals surface area contributed by atoms with E-state index in [0.717, 1.165) is 42.1 Å². The summed E-state index contributed by atoms with van der Waals surface area (Å²) in [5.74, 6) is 0.534. The molecule has 0 aliphatic carbocycles. The van der Waals surface area contributed by atoms with Crippen LogP contribution in [0, 0.1) is 0 Å². The van der Waals surface area contributed by atoms with Crippen molar-refractivity contribution in [3.05, 3.63) is 94.4 Å². The molecule has 0 radical (unpaired) electrons. The third-order valence-electron chi connectivity index (χ3n) is 6.55. The Morgan fingerprint density at radius 1 is 1.06 bits per heavy atom. The van der Waals surface area contributed by atoms with Crippen LogP contribution in [0.1, 0.15) is 24.4 Å². The molecule has 6 rings (SSSR count). The minimum absolute atomic E-state index is 0. The van der Waals surface area contributed by atoms with E-state index in [1.165, 1.54) is 22.7 Å². The van der Waals surface area contributed by atoms with Crippen LogP contribution in [0.15, 0.2) is 71.9 Å². The standard InChI is InChI=1S/C26H25N5O2.CH4/c1-28-11-9-23-22(16-28)21-7-6-19(13-24(21)29(23)2)31-12-8-20(14-26(31)32)33-17-18-15-30-10-4-3-5-25(30)27-18;/h3-8,10,12-15H,9,11,16-17H2,1-2H3;1H4. The molecule has 1 aromatic carbocycles. The number of benzene rings is 1. The normalized spacial score (nSPS) is 13.7. The maximum atomic E-state index is 12.9. The molecule has 4 aromatic heterocycles. The molecule has 5 heterocycles. The number of hydrogen-bond acceptors (Lipinski definition) is 4. The van der Waals surface area contributed by atoms with Crippen LogP contribution in [0.3, 0.4) is 0 Å². The van der Waals surface area contributed by atoms with Crippen molar-refractivity contribution in [2.45, 2.75) is 27.0 Å². The summed E-state index contributed by atoms with van der Waals surface area (Å²) < 4.78 is 11.7. The van der Waals surface area contributed by atoms with Crippen molar-refractivity contribution in [3.63, 3.8) is 0 Å². The SMILES string of the molecule is C.CN1CCc2c(c3ccc(-n4ccc(OCc5cn6ccccc6n5)cc4=O)cc3n2C)C1. The highest BCUT2D eigenvalue weighted by molar-refractivity contribution is 5.87. The summed E-state index contributed by atoms with van der Waals surface area (Å²) in [5, 5.41) is 1.27. The average molecular weight is 456 g/mol. The van der Waals surface area contributed by atoms with Gasteiger partial charge in [0.25, 0.3) is 5.56 Å². The van der Waals surface area contributed by atoms with E-state index in [0.29, 0.717) is 12.4 Å². The van der Waals surface area contributed by atoms with Gasteiger partial charge in [-0.2, -0.15) is 0 Å². The van der Waals surface area contributed by atoms with Gasteiger partial charge in [0, 0.05) is 62.3 Å². The van der Waals surface area contributed by atoms with Gasteiger partial charge in [-0.3, -0.25) is 9.36 Å². The number of pyridine rings is 2. The number of hydrogen-bond donors (Lipinski definition) is 0. The molecule has 7 heteroatoms. The minimum atomic E-state index is -0.124. The lowest BCUT2D eigenvalue weighted by Gasteiger charge is -2.23. The molecular weight excluding hydrogens is 426 g/mol. The molecule has 1 aliphatic heterocycles. The molecule has 0 amide bonds. The van der Waals surface area contributed by atoms with Gasteiger partial charge in [-0.1, -0.05) is 19.6 Å². The first kappa shape index (κ1) is 22.0. The van der Waals surface area contributed by atoms with Crippen LogP contribution in [0.25, 0.3) is 22.2 Å². The fourth-order valence-electron chi connectivity index (χ4n) is 4.82. The molecule has 174 valence electrons. The quantitative estimate of drug-likeness (QED) is 0.408. The van der Waals surface area contributed by atoms with E-state index >= 15 is 0 Å². The second kappa shape index (κ2) is 8.50. The Morgan fingerprint density at radius 2 is 1.94 bits per heavy atom. The topological polar surface area (TPSA) is 56.7 Å². The maximum absolute atomic E-state index is 12.9. The molecular formula is C27H29N5O2. The summed E-state index contributed by atoms with van der Waals surface area (Å²) in [6, 6.07) is 15.5. The highest BCUT2D eigenvalue weighted by Crippen LogP contribution is 2.31. The predicted molar refractivity (Wildman–Crippen MR) is 135 cm³/mol. The van der Waals surface area contributed by atoms with Crippen LogP contribution in [-0.2, 0) is 26.6 Å². The Kier molecular flexibility index (Phi) is 5.49. The number of nitrogens with zero attached hydrogens (tertiary/aromatic N) is 5. The fraction of sp³-hybridized carbons (Fsp3) is 0.259. The summed E-state index contributed by atoms with van der Waals surface area (Å²) in [6.45, 7) is 2.34. The van der Waals surface area contributed by atoms with Crippen molar-refractivity contribution >= 4 is 16.6 Å². The van der Waals surface area contributed by atoms with Crippen molar-refractivity contribution < 1.29 is 4.74 Å². The molecule has 7 nitrogen and oxygen atoms in total. The van der Waals surface area contributed by atoms with E-state index in [1.807, 2.05) is 47.1 Å². The van der Waals surface area contributed by atoms with E-state index in [-0.39, 0.29) is 13.0 Å². The summed E-state index contributed by atoms with van der Waals surface area (Å²) in [6.07, 6.45) is 6.71. The molecule has 0 saturated heterocycles. The number of rotatable bonds is 4. The summed E-state index contributed by atoms with van der Waals surface area (Å²) in [4.78, 5) is 19.8. The lowest BCUT2D eigenvalue weighted by Crippen LogP contribution is -2.26. The molecule has 0 spiro atoms. The first-order valence-corrected chi connectivity index (χ1v) is 11.1. The Hall–Kier alpha value is -3.84. The second-order valence-electron chi connectivity index (χ2n) is 8.73. The zero-order valence-electron chi connectivity index (χ0n) is 18.7. The van der Waals surface area contributed by atoms with E-state index in [2.05, 4.69) is 40.7 Å². The van der Waals surface area contributed by atoms with Gasteiger partial charge in [-0.05, 0) is 42.9 Å². The summed E-state index contributed by atoms with van der Waals surface area (Å²) >= 11 is 0. The maximum Gasteiger partial charge on any atom is 0.258 e. The van der Waals surface area contributed by atoms with Gasteiger partial charge in [-0.15, -0.1) is 0 Å². The molecule has 0 saturated carbocycles. The summed E-state index contributed by atoms with van der Waals surface area (Å²) in [7, 11) is 4.28. The molecule has 34 heavy (non-hydrogen) atoms. The zero-order chi connectivity index (χ0) is 22.5. The van der Waals surface area contributed by atoms with E-state index in [4.69, 9.17) is 4.74 Å². The van der Waals surface area contributed by atoms with E-state index in [9.17, 15) is 4.79 Å². The van der Waals surface area contributed by atoms with Crippen LogP contribution >= 0.6 is 0 Å². The number of aromatic nitrogens is 4. The van der Waals surface area contributed by atoms with Crippen molar-refractivity contribution in [2.75, 3.05) is 13.6 Å². The van der Waals surface area contributed by atoms with Gasteiger partial charge in [-0.25, -0.2) is 4.98 Å². The van der Waals surface area contributed by atoms with Gasteiger partial charge in [0.15, 0.2) is 0 Å². The Balaban J connectivity index is 0.00000241. The predicted octanol–water partition coefficient (Wildman–Crippen LogP) is 4.18. The molecule has 0 unspecified atom stereocenters. The van der Waals surface area contributed by atoms with E-state index < -0.39 is 0 Å². The lowest BCUT2D eigenvalue weighted by molar-refractivity contribution is 0.301. The lowest BCUT2D eigenvalue weighted by atomic mass is 10.0. The number of aryl methyl sites for hydroxylation is 1. The van der Waals surface area contributed by atoms with Crippen molar-refractivity contribution in [2.24, 2.45) is 7.05 Å². The molecule has 0 fully saturated rings. The van der Waals surface area contributed by atoms with Gasteiger partial charge in [0.1, 0.15) is 18.0 Å². The molecule has 5 aromatic rings. The van der Waals surface area contributed by atoms with Crippen LogP contribution in [0.5, 0.6) is 5.75 Å². The zero-order valence-corrected chi connectivity index (χ0v) is 18.7. The Labute approximate surface area is 198 Å². The van der Waals surface area contributed by atoms with Gasteiger partial charge in [0.05, 0.1) is 16.9 Å². The van der Waals surface area contributed by atoms with Crippen LogP contribution in [0.2, 0.25) is 0 Å². The van der Waals surface area contributed by atoms with Gasteiger partial charge >= 0.3 is 0 Å². The number of likely N-dealkylation sites (N-methyl/N-ethyl adjacent to an activating group) is 1. The van der Waals surface area contributed by atoms with E-state index in [1.54, 1.807) is 10.8 Å². The van der Waals surface area contributed by atoms with Crippen LogP contribution < -0.4 is 10.3 Å². The number of imidazole rings is 1.